The third-order valence-corrected chi connectivity index (χ3v) is 3.22. The molecule has 23 heavy (non-hydrogen) atoms. The number of Topliss-reactive ketones (excluding diaryl/α,β-unsaturated/α-hetero) is 1. The molecule has 0 amide bonds. The maximum Gasteiger partial charge on any atom is 0.421 e. The highest BCUT2D eigenvalue weighted by molar-refractivity contribution is 6.12. The van der Waals surface area contributed by atoms with Gasteiger partial charge in [-0.1, -0.05) is 0 Å². The number of ketones is 1. The number of hydrogen-bond acceptors (Lipinski definition) is 6. The van der Waals surface area contributed by atoms with Crippen LogP contribution in [0.4, 0.5) is 13.2 Å². The molecule has 0 radical (unpaired) electrons. The lowest BCUT2D eigenvalue weighted by atomic mass is 10.0. The summed E-state index contributed by atoms with van der Waals surface area (Å²) in [5.41, 5.74) is -1.86. The summed E-state index contributed by atoms with van der Waals surface area (Å²) in [6, 6.07) is -0.957. The molecule has 9 heteroatoms. The van der Waals surface area contributed by atoms with E-state index in [9.17, 15) is 27.9 Å². The second kappa shape index (κ2) is 6.53. The van der Waals surface area contributed by atoms with Crippen LogP contribution >= 0.6 is 0 Å². The number of nitrogens with zero attached hydrogens (tertiary/aromatic N) is 1. The molecule has 1 fully saturated rings. The Morgan fingerprint density at radius 3 is 2.65 bits per heavy atom. The van der Waals surface area contributed by atoms with Gasteiger partial charge < -0.3 is 9.84 Å². The molecule has 1 aliphatic rings. The molecule has 1 atom stereocenters. The topological polar surface area (TPSA) is 88.5 Å². The molecular formula is C14H15F3N2O4. The zero-order valence-corrected chi connectivity index (χ0v) is 12.2. The van der Waals surface area contributed by atoms with Gasteiger partial charge in [0.15, 0.2) is 11.8 Å². The van der Waals surface area contributed by atoms with E-state index in [4.69, 9.17) is 4.74 Å². The number of pyridine rings is 1. The average Bonchev–Trinajstić information content (AvgIpc) is 3.27. The Morgan fingerprint density at radius 1 is 1.48 bits per heavy atom. The first kappa shape index (κ1) is 17.2. The van der Waals surface area contributed by atoms with Crippen molar-refractivity contribution in [3.8, 4) is 5.88 Å². The van der Waals surface area contributed by atoms with Gasteiger partial charge in [-0.15, -0.1) is 0 Å². The van der Waals surface area contributed by atoms with Crippen molar-refractivity contribution in [2.24, 2.45) is 0 Å². The summed E-state index contributed by atoms with van der Waals surface area (Å²) in [6.45, 7) is 1.59. The van der Waals surface area contributed by atoms with Crippen LogP contribution in [0.15, 0.2) is 12.3 Å². The standard InChI is InChI=1S/C14H15F3N2O4/c1-2-23-13(22)10(19-8-3-4-8)11(20)7-5-9(14(15,16)17)12(21)18-6-7/h5-6,8,10,19H,2-4H2,1H3,(H,18,21). The number of esters is 1. The van der Waals surface area contributed by atoms with Crippen molar-refractivity contribution in [2.75, 3.05) is 6.61 Å². The molecule has 1 aromatic heterocycles. The van der Waals surface area contributed by atoms with Gasteiger partial charge >= 0.3 is 12.1 Å². The van der Waals surface area contributed by atoms with Crippen LogP contribution in [0.2, 0.25) is 0 Å². The Labute approximate surface area is 129 Å². The summed E-state index contributed by atoms with van der Waals surface area (Å²) in [6.07, 6.45) is -2.53. The minimum absolute atomic E-state index is 0.0383. The molecule has 1 heterocycles. The molecule has 6 nitrogen and oxygen atoms in total. The van der Waals surface area contributed by atoms with Gasteiger partial charge in [-0.3, -0.25) is 10.1 Å². The van der Waals surface area contributed by atoms with Gasteiger partial charge in [0.05, 0.1) is 6.61 Å². The van der Waals surface area contributed by atoms with Crippen molar-refractivity contribution in [1.82, 2.24) is 10.3 Å². The maximum atomic E-state index is 12.8. The smallest absolute Gasteiger partial charge is 0.421 e. The largest absolute Gasteiger partial charge is 0.493 e. The monoisotopic (exact) mass is 332 g/mol. The Kier molecular flexibility index (Phi) is 4.88. The minimum atomic E-state index is -4.86. The maximum absolute atomic E-state index is 12.8. The van der Waals surface area contributed by atoms with Crippen molar-refractivity contribution in [2.45, 2.75) is 38.0 Å². The lowest BCUT2D eigenvalue weighted by molar-refractivity contribution is -0.144. The van der Waals surface area contributed by atoms with Crippen LogP contribution in [-0.2, 0) is 15.7 Å². The normalized spacial score (nSPS) is 16.0. The number of halogens is 3. The van der Waals surface area contributed by atoms with Gasteiger partial charge in [-0.2, -0.15) is 13.2 Å². The fourth-order valence-electron chi connectivity index (χ4n) is 1.93. The van der Waals surface area contributed by atoms with Crippen LogP contribution in [0.25, 0.3) is 0 Å². The van der Waals surface area contributed by atoms with Crippen LogP contribution in [-0.4, -0.2) is 40.5 Å². The lowest BCUT2D eigenvalue weighted by Gasteiger charge is -2.16. The van der Waals surface area contributed by atoms with E-state index in [-0.39, 0.29) is 12.6 Å². The van der Waals surface area contributed by atoms with E-state index >= 15 is 0 Å². The van der Waals surface area contributed by atoms with E-state index in [1.165, 1.54) is 0 Å². The number of carbonyl (C=O) groups excluding carboxylic acids is 2. The SMILES string of the molecule is CCOC(=O)C(NC1CC1)C(=O)c1cnc(O)c(C(F)(F)F)c1. The number of nitrogens with one attached hydrogen (secondary N) is 1. The van der Waals surface area contributed by atoms with Gasteiger partial charge in [0.25, 0.3) is 0 Å². The molecule has 1 aromatic rings. The number of ether oxygens (including phenoxy) is 1. The van der Waals surface area contributed by atoms with E-state index in [0.717, 1.165) is 19.0 Å². The number of rotatable bonds is 6. The predicted octanol–water partition coefficient (Wildman–Crippen LogP) is 1.67. The zero-order valence-electron chi connectivity index (χ0n) is 12.2. The van der Waals surface area contributed by atoms with Gasteiger partial charge in [0, 0.05) is 17.8 Å². The van der Waals surface area contributed by atoms with E-state index < -0.39 is 41.0 Å². The fraction of sp³-hybridized carbons (Fsp3) is 0.500. The minimum Gasteiger partial charge on any atom is -0.493 e. The van der Waals surface area contributed by atoms with E-state index in [1.54, 1.807) is 6.92 Å². The van der Waals surface area contributed by atoms with Gasteiger partial charge in [-0.25, -0.2) is 9.78 Å². The van der Waals surface area contributed by atoms with Crippen molar-refractivity contribution in [3.05, 3.63) is 23.4 Å². The molecule has 126 valence electrons. The number of carbonyl (C=O) groups is 2. The molecule has 0 spiro atoms. The number of hydrogen-bond donors (Lipinski definition) is 2. The Balaban J connectivity index is 2.30. The van der Waals surface area contributed by atoms with Crippen LogP contribution in [0.1, 0.15) is 35.7 Å². The summed E-state index contributed by atoms with van der Waals surface area (Å²) in [5, 5.41) is 11.9. The first-order chi connectivity index (χ1) is 10.7. The van der Waals surface area contributed by atoms with Crippen molar-refractivity contribution < 1.29 is 32.6 Å². The average molecular weight is 332 g/mol. The summed E-state index contributed by atoms with van der Waals surface area (Å²) in [7, 11) is 0. The number of aromatic nitrogens is 1. The van der Waals surface area contributed by atoms with Crippen LogP contribution in [0.5, 0.6) is 5.88 Å². The van der Waals surface area contributed by atoms with Gasteiger partial charge in [0.1, 0.15) is 5.56 Å². The molecule has 0 aromatic carbocycles. The molecule has 1 unspecified atom stereocenters. The molecular weight excluding hydrogens is 317 g/mol. The van der Waals surface area contributed by atoms with Crippen LogP contribution < -0.4 is 5.32 Å². The van der Waals surface area contributed by atoms with Gasteiger partial charge in [-0.05, 0) is 25.8 Å². The molecule has 0 aliphatic heterocycles. The van der Waals surface area contributed by atoms with E-state index in [2.05, 4.69) is 10.3 Å². The van der Waals surface area contributed by atoms with Crippen LogP contribution in [0.3, 0.4) is 0 Å². The van der Waals surface area contributed by atoms with Crippen LogP contribution in [0, 0.1) is 0 Å². The van der Waals surface area contributed by atoms with Crippen molar-refractivity contribution in [3.63, 3.8) is 0 Å². The second-order valence-electron chi connectivity index (χ2n) is 5.08. The summed E-state index contributed by atoms with van der Waals surface area (Å²) in [5.74, 6) is -2.96. The van der Waals surface area contributed by atoms with Crippen molar-refractivity contribution in [1.29, 1.82) is 0 Å². The van der Waals surface area contributed by atoms with Crippen molar-refractivity contribution >= 4 is 11.8 Å². The molecule has 0 saturated heterocycles. The van der Waals surface area contributed by atoms with E-state index in [0.29, 0.717) is 6.07 Å². The Morgan fingerprint density at radius 2 is 2.13 bits per heavy atom. The first-order valence-corrected chi connectivity index (χ1v) is 6.97. The van der Waals surface area contributed by atoms with E-state index in [1.807, 2.05) is 0 Å². The number of alkyl halides is 3. The lowest BCUT2D eigenvalue weighted by Crippen LogP contribution is -2.45. The third kappa shape index (κ3) is 4.19. The molecule has 1 aliphatic carbocycles. The highest BCUT2D eigenvalue weighted by Crippen LogP contribution is 2.35. The zero-order chi connectivity index (χ0) is 17.2. The first-order valence-electron chi connectivity index (χ1n) is 6.97. The third-order valence-electron chi connectivity index (χ3n) is 3.22. The second-order valence-corrected chi connectivity index (χ2v) is 5.08. The Hall–Kier alpha value is -2.16. The fourth-order valence-corrected chi connectivity index (χ4v) is 1.93. The highest BCUT2D eigenvalue weighted by atomic mass is 19.4. The molecule has 2 rings (SSSR count). The predicted molar refractivity (Wildman–Crippen MR) is 71.8 cm³/mol. The molecule has 0 bridgehead atoms. The Bertz CT molecular complexity index is 615. The summed E-state index contributed by atoms with van der Waals surface area (Å²) in [4.78, 5) is 27.4. The highest BCUT2D eigenvalue weighted by Gasteiger charge is 2.38. The summed E-state index contributed by atoms with van der Waals surface area (Å²) >= 11 is 0. The van der Waals surface area contributed by atoms with Gasteiger partial charge in [0.2, 0.25) is 5.88 Å². The quantitative estimate of drug-likeness (QED) is 0.468. The number of aromatic hydroxyl groups is 1. The summed E-state index contributed by atoms with van der Waals surface area (Å²) < 4.78 is 43.1. The molecule has 2 N–H and O–H groups in total. The molecule has 1 saturated carbocycles.